The topological polar surface area (TPSA) is 85.1 Å². The molecule has 3 N–H and O–H groups in total. The third-order valence-electron chi connectivity index (χ3n) is 3.22. The van der Waals surface area contributed by atoms with Gasteiger partial charge in [-0.05, 0) is 65.2 Å². The van der Waals surface area contributed by atoms with E-state index in [9.17, 15) is 8.42 Å². The molecular formula is C14H16BrN3O2S. The Bertz CT molecular complexity index is 759. The number of aryl methyl sites for hydroxylation is 1. The number of rotatable bonds is 4. The Morgan fingerprint density at radius 1 is 1.29 bits per heavy atom. The number of pyridine rings is 1. The summed E-state index contributed by atoms with van der Waals surface area (Å²) in [5.41, 5.74) is 3.45. The number of sulfonamides is 1. The molecule has 2 rings (SSSR count). The van der Waals surface area contributed by atoms with Gasteiger partial charge in [0.25, 0.3) is 0 Å². The molecule has 0 atom stereocenters. The molecule has 7 heteroatoms. The molecule has 2 aromatic rings. The van der Waals surface area contributed by atoms with Gasteiger partial charge in [-0.25, -0.2) is 13.6 Å². The van der Waals surface area contributed by atoms with Crippen LogP contribution in [0.3, 0.4) is 0 Å². The molecular weight excluding hydrogens is 354 g/mol. The molecule has 0 aliphatic rings. The smallest absolute Gasteiger partial charge is 0.238 e. The summed E-state index contributed by atoms with van der Waals surface area (Å²) in [6.45, 7) is 4.29. The standard InChI is InChI=1S/C14H16BrN3O2S/c1-9-5-13(21(16,19)20)6-14(10(9)2)18-8-12-4-3-11(15)7-17-12/h3-7,18H,8H2,1-2H3,(H2,16,19,20). The van der Waals surface area contributed by atoms with Gasteiger partial charge in [-0.1, -0.05) is 0 Å². The van der Waals surface area contributed by atoms with Crippen molar-refractivity contribution in [1.82, 2.24) is 4.98 Å². The van der Waals surface area contributed by atoms with Crippen LogP contribution in [-0.4, -0.2) is 13.4 Å². The highest BCUT2D eigenvalue weighted by molar-refractivity contribution is 9.10. The first-order chi connectivity index (χ1) is 9.77. The van der Waals surface area contributed by atoms with Gasteiger partial charge in [0.2, 0.25) is 10.0 Å². The Labute approximate surface area is 132 Å². The molecule has 1 heterocycles. The van der Waals surface area contributed by atoms with Gasteiger partial charge in [0.1, 0.15) is 0 Å². The molecule has 0 unspecified atom stereocenters. The Morgan fingerprint density at radius 2 is 2.00 bits per heavy atom. The quantitative estimate of drug-likeness (QED) is 0.867. The fourth-order valence-corrected chi connectivity index (χ4v) is 2.73. The van der Waals surface area contributed by atoms with E-state index in [1.165, 1.54) is 0 Å². The van der Waals surface area contributed by atoms with Crippen molar-refractivity contribution in [3.05, 3.63) is 51.8 Å². The van der Waals surface area contributed by atoms with Crippen molar-refractivity contribution < 1.29 is 8.42 Å². The van der Waals surface area contributed by atoms with Crippen molar-refractivity contribution in [2.45, 2.75) is 25.3 Å². The van der Waals surface area contributed by atoms with Gasteiger partial charge in [-0.15, -0.1) is 0 Å². The first-order valence-corrected chi connectivity index (χ1v) is 8.59. The molecule has 0 bridgehead atoms. The summed E-state index contributed by atoms with van der Waals surface area (Å²) >= 11 is 3.33. The Morgan fingerprint density at radius 3 is 2.57 bits per heavy atom. The van der Waals surface area contributed by atoms with Gasteiger partial charge in [0.05, 0.1) is 17.1 Å². The van der Waals surface area contributed by atoms with Crippen LogP contribution in [-0.2, 0) is 16.6 Å². The zero-order valence-electron chi connectivity index (χ0n) is 11.7. The monoisotopic (exact) mass is 369 g/mol. The Kier molecular flexibility index (Phi) is 4.65. The maximum absolute atomic E-state index is 11.5. The summed E-state index contributed by atoms with van der Waals surface area (Å²) in [6, 6.07) is 6.93. The fourth-order valence-electron chi connectivity index (χ4n) is 1.87. The van der Waals surface area contributed by atoms with E-state index in [4.69, 9.17) is 5.14 Å². The minimum atomic E-state index is -3.71. The maximum atomic E-state index is 11.5. The van der Waals surface area contributed by atoms with E-state index in [1.54, 1.807) is 18.3 Å². The van der Waals surface area contributed by atoms with Crippen LogP contribution < -0.4 is 10.5 Å². The Balaban J connectivity index is 2.27. The van der Waals surface area contributed by atoms with Crippen LogP contribution in [0.15, 0.2) is 39.8 Å². The maximum Gasteiger partial charge on any atom is 0.238 e. The second-order valence-corrected chi connectivity index (χ2v) is 7.26. The molecule has 0 amide bonds. The predicted molar refractivity (Wildman–Crippen MR) is 86.6 cm³/mol. The molecule has 1 aromatic carbocycles. The number of hydrogen-bond donors (Lipinski definition) is 2. The number of anilines is 1. The molecule has 5 nitrogen and oxygen atoms in total. The molecule has 0 aliphatic carbocycles. The highest BCUT2D eigenvalue weighted by atomic mass is 79.9. The molecule has 0 saturated heterocycles. The van der Waals surface area contributed by atoms with Crippen LogP contribution in [0.1, 0.15) is 16.8 Å². The van der Waals surface area contributed by atoms with Gasteiger partial charge >= 0.3 is 0 Å². The lowest BCUT2D eigenvalue weighted by molar-refractivity contribution is 0.597. The zero-order chi connectivity index (χ0) is 15.6. The van der Waals surface area contributed by atoms with Crippen LogP contribution in [0.25, 0.3) is 0 Å². The van der Waals surface area contributed by atoms with Crippen LogP contribution in [0.4, 0.5) is 5.69 Å². The number of benzene rings is 1. The average molecular weight is 370 g/mol. The predicted octanol–water partition coefficient (Wildman–Crippen LogP) is 2.72. The normalized spacial score (nSPS) is 11.4. The second kappa shape index (κ2) is 6.13. The third kappa shape index (κ3) is 4.03. The van der Waals surface area contributed by atoms with Crippen molar-refractivity contribution in [2.24, 2.45) is 5.14 Å². The number of nitrogens with one attached hydrogen (secondary N) is 1. The van der Waals surface area contributed by atoms with E-state index in [1.807, 2.05) is 26.0 Å². The number of aromatic nitrogens is 1. The van der Waals surface area contributed by atoms with Gasteiger partial charge in [-0.3, -0.25) is 4.98 Å². The van der Waals surface area contributed by atoms with Crippen LogP contribution in [0.5, 0.6) is 0 Å². The van der Waals surface area contributed by atoms with E-state index in [-0.39, 0.29) is 4.90 Å². The van der Waals surface area contributed by atoms with Crippen molar-refractivity contribution >= 4 is 31.6 Å². The van der Waals surface area contributed by atoms with Crippen molar-refractivity contribution in [3.8, 4) is 0 Å². The molecule has 1 aromatic heterocycles. The summed E-state index contributed by atoms with van der Waals surface area (Å²) in [6.07, 6.45) is 1.72. The lowest BCUT2D eigenvalue weighted by Crippen LogP contribution is -2.13. The van der Waals surface area contributed by atoms with E-state index >= 15 is 0 Å². The summed E-state index contributed by atoms with van der Waals surface area (Å²) in [5, 5.41) is 8.40. The molecule has 0 spiro atoms. The van der Waals surface area contributed by atoms with E-state index < -0.39 is 10.0 Å². The summed E-state index contributed by atoms with van der Waals surface area (Å²) in [5.74, 6) is 0. The lowest BCUT2D eigenvalue weighted by atomic mass is 10.1. The number of nitrogens with two attached hydrogens (primary N) is 1. The third-order valence-corrected chi connectivity index (χ3v) is 4.58. The highest BCUT2D eigenvalue weighted by Crippen LogP contribution is 2.24. The molecule has 0 fully saturated rings. The van der Waals surface area contributed by atoms with Crippen LogP contribution in [0.2, 0.25) is 0 Å². The molecule has 0 radical (unpaired) electrons. The second-order valence-electron chi connectivity index (χ2n) is 4.78. The summed E-state index contributed by atoms with van der Waals surface area (Å²) < 4.78 is 23.9. The van der Waals surface area contributed by atoms with Crippen molar-refractivity contribution in [2.75, 3.05) is 5.32 Å². The SMILES string of the molecule is Cc1cc(S(N)(=O)=O)cc(NCc2ccc(Br)cn2)c1C. The van der Waals surface area contributed by atoms with Crippen LogP contribution >= 0.6 is 15.9 Å². The molecule has 21 heavy (non-hydrogen) atoms. The highest BCUT2D eigenvalue weighted by Gasteiger charge is 2.12. The largest absolute Gasteiger partial charge is 0.379 e. The summed E-state index contributed by atoms with van der Waals surface area (Å²) in [7, 11) is -3.71. The number of nitrogens with zero attached hydrogens (tertiary/aromatic N) is 1. The first kappa shape index (κ1) is 15.9. The molecule has 0 aliphatic heterocycles. The van der Waals surface area contributed by atoms with E-state index in [0.717, 1.165) is 27.0 Å². The number of primary sulfonamides is 1. The molecule has 112 valence electrons. The lowest BCUT2D eigenvalue weighted by Gasteiger charge is -2.13. The molecule has 0 saturated carbocycles. The Hall–Kier alpha value is -1.44. The van der Waals surface area contributed by atoms with Crippen molar-refractivity contribution in [3.63, 3.8) is 0 Å². The number of hydrogen-bond acceptors (Lipinski definition) is 4. The van der Waals surface area contributed by atoms with Gasteiger partial charge in [0, 0.05) is 16.4 Å². The summed E-state index contributed by atoms with van der Waals surface area (Å²) in [4.78, 5) is 4.37. The fraction of sp³-hybridized carbons (Fsp3) is 0.214. The first-order valence-electron chi connectivity index (χ1n) is 6.26. The van der Waals surface area contributed by atoms with Crippen LogP contribution in [0, 0.1) is 13.8 Å². The van der Waals surface area contributed by atoms with E-state index in [0.29, 0.717) is 6.54 Å². The van der Waals surface area contributed by atoms with Gasteiger partial charge < -0.3 is 5.32 Å². The minimum Gasteiger partial charge on any atom is -0.379 e. The number of halogens is 1. The zero-order valence-corrected chi connectivity index (χ0v) is 14.1. The average Bonchev–Trinajstić information content (AvgIpc) is 2.41. The minimum absolute atomic E-state index is 0.108. The van der Waals surface area contributed by atoms with Gasteiger partial charge in [-0.2, -0.15) is 0 Å². The van der Waals surface area contributed by atoms with Crippen molar-refractivity contribution in [1.29, 1.82) is 0 Å². The van der Waals surface area contributed by atoms with Gasteiger partial charge in [0.15, 0.2) is 0 Å². The van der Waals surface area contributed by atoms with E-state index in [2.05, 4.69) is 26.2 Å².